The zero-order valence-corrected chi connectivity index (χ0v) is 16.0. The molecule has 142 valence electrons. The first-order chi connectivity index (χ1) is 12.6. The summed E-state index contributed by atoms with van der Waals surface area (Å²) in [5, 5.41) is 5.45. The van der Waals surface area contributed by atoms with Crippen molar-refractivity contribution in [2.75, 3.05) is 5.32 Å². The Morgan fingerprint density at radius 2 is 1.44 bits per heavy atom. The van der Waals surface area contributed by atoms with Crippen molar-refractivity contribution in [3.05, 3.63) is 65.2 Å². The maximum absolute atomic E-state index is 12.3. The van der Waals surface area contributed by atoms with Gasteiger partial charge in [0, 0.05) is 23.4 Å². The van der Waals surface area contributed by atoms with Gasteiger partial charge in [0.15, 0.2) is 5.78 Å². The van der Waals surface area contributed by atoms with Crippen molar-refractivity contribution in [2.24, 2.45) is 0 Å². The average molecular weight is 368 g/mol. The minimum Gasteiger partial charge on any atom is -0.444 e. The molecule has 6 nitrogen and oxygen atoms in total. The van der Waals surface area contributed by atoms with Crippen molar-refractivity contribution >= 4 is 23.5 Å². The highest BCUT2D eigenvalue weighted by Gasteiger charge is 2.15. The third-order valence-electron chi connectivity index (χ3n) is 3.60. The van der Waals surface area contributed by atoms with E-state index >= 15 is 0 Å². The SMILES string of the molecule is CC(=O)c1ccc(NC(=O)c2ccc(CNC(=O)OC(C)(C)C)cc2)cc1. The van der Waals surface area contributed by atoms with E-state index in [1.165, 1.54) is 6.92 Å². The van der Waals surface area contributed by atoms with Gasteiger partial charge in [-0.3, -0.25) is 9.59 Å². The summed E-state index contributed by atoms with van der Waals surface area (Å²) in [6.45, 7) is 7.20. The lowest BCUT2D eigenvalue weighted by Crippen LogP contribution is -2.32. The molecule has 0 unspecified atom stereocenters. The first-order valence-electron chi connectivity index (χ1n) is 8.62. The molecule has 0 saturated carbocycles. The Hall–Kier alpha value is -3.15. The van der Waals surface area contributed by atoms with E-state index in [-0.39, 0.29) is 11.7 Å². The topological polar surface area (TPSA) is 84.5 Å². The van der Waals surface area contributed by atoms with Gasteiger partial charge in [-0.25, -0.2) is 4.79 Å². The van der Waals surface area contributed by atoms with Crippen molar-refractivity contribution in [1.29, 1.82) is 0 Å². The second-order valence-corrected chi connectivity index (χ2v) is 7.14. The zero-order valence-electron chi connectivity index (χ0n) is 16.0. The number of anilines is 1. The molecule has 2 rings (SSSR count). The maximum atomic E-state index is 12.3. The molecule has 0 heterocycles. The number of nitrogens with one attached hydrogen (secondary N) is 2. The molecular formula is C21H24N2O4. The zero-order chi connectivity index (χ0) is 20.0. The van der Waals surface area contributed by atoms with Crippen molar-refractivity contribution < 1.29 is 19.1 Å². The molecule has 0 aliphatic carbocycles. The summed E-state index contributed by atoms with van der Waals surface area (Å²) >= 11 is 0. The van der Waals surface area contributed by atoms with E-state index in [0.717, 1.165) is 5.56 Å². The fourth-order valence-corrected chi connectivity index (χ4v) is 2.25. The number of ether oxygens (including phenoxy) is 1. The molecule has 0 aromatic heterocycles. The Kier molecular flexibility index (Phi) is 6.34. The molecule has 0 atom stereocenters. The lowest BCUT2D eigenvalue weighted by molar-refractivity contribution is 0.0523. The normalized spacial score (nSPS) is 10.8. The molecule has 2 aromatic carbocycles. The Labute approximate surface area is 158 Å². The summed E-state index contributed by atoms with van der Waals surface area (Å²) in [6, 6.07) is 13.6. The van der Waals surface area contributed by atoms with Gasteiger partial charge in [-0.2, -0.15) is 0 Å². The molecule has 2 N–H and O–H groups in total. The number of alkyl carbamates (subject to hydrolysis) is 1. The molecule has 27 heavy (non-hydrogen) atoms. The van der Waals surface area contributed by atoms with E-state index in [2.05, 4.69) is 10.6 Å². The third-order valence-corrected chi connectivity index (χ3v) is 3.60. The second-order valence-electron chi connectivity index (χ2n) is 7.14. The Bertz CT molecular complexity index is 819. The molecule has 0 radical (unpaired) electrons. The van der Waals surface area contributed by atoms with E-state index < -0.39 is 11.7 Å². The van der Waals surface area contributed by atoms with Crippen LogP contribution in [0.1, 0.15) is 54.0 Å². The van der Waals surface area contributed by atoms with Crippen LogP contribution in [0.3, 0.4) is 0 Å². The summed E-state index contributed by atoms with van der Waals surface area (Å²) < 4.78 is 5.18. The number of benzene rings is 2. The lowest BCUT2D eigenvalue weighted by Gasteiger charge is -2.19. The molecule has 0 saturated heterocycles. The number of rotatable bonds is 5. The van der Waals surface area contributed by atoms with Gasteiger partial charge >= 0.3 is 6.09 Å². The number of ketones is 1. The number of Topliss-reactive ketones (excluding diaryl/α,β-unsaturated/α-hetero) is 1. The molecule has 0 bridgehead atoms. The van der Waals surface area contributed by atoms with Crippen LogP contribution in [0.2, 0.25) is 0 Å². The van der Waals surface area contributed by atoms with Crippen LogP contribution in [0.4, 0.5) is 10.5 Å². The molecule has 0 spiro atoms. The van der Waals surface area contributed by atoms with Crippen molar-refractivity contribution in [3.8, 4) is 0 Å². The van der Waals surface area contributed by atoms with Crippen LogP contribution in [0.25, 0.3) is 0 Å². The maximum Gasteiger partial charge on any atom is 0.407 e. The second kappa shape index (κ2) is 8.49. The molecule has 2 aromatic rings. The van der Waals surface area contributed by atoms with Crippen LogP contribution in [0.15, 0.2) is 48.5 Å². The molecule has 0 aliphatic heterocycles. The monoisotopic (exact) mass is 368 g/mol. The van der Waals surface area contributed by atoms with E-state index in [9.17, 15) is 14.4 Å². The summed E-state index contributed by atoms with van der Waals surface area (Å²) in [6.07, 6.45) is -0.488. The van der Waals surface area contributed by atoms with Crippen molar-refractivity contribution in [2.45, 2.75) is 39.8 Å². The molecule has 0 aliphatic rings. The number of amides is 2. The number of hydrogen-bond donors (Lipinski definition) is 2. The number of hydrogen-bond acceptors (Lipinski definition) is 4. The summed E-state index contributed by atoms with van der Waals surface area (Å²) in [7, 11) is 0. The smallest absolute Gasteiger partial charge is 0.407 e. The standard InChI is InChI=1S/C21H24N2O4/c1-14(24)16-9-11-18(12-10-16)23-19(25)17-7-5-15(6-8-17)13-22-20(26)27-21(2,3)4/h5-12H,13H2,1-4H3,(H,22,26)(H,23,25). The molecular weight excluding hydrogens is 344 g/mol. The van der Waals surface area contributed by atoms with Gasteiger partial charge in [0.1, 0.15) is 5.60 Å². The highest BCUT2D eigenvalue weighted by atomic mass is 16.6. The summed E-state index contributed by atoms with van der Waals surface area (Å²) in [5.74, 6) is -0.277. The Morgan fingerprint density at radius 1 is 0.889 bits per heavy atom. The van der Waals surface area contributed by atoms with Crippen LogP contribution in [-0.2, 0) is 11.3 Å². The largest absolute Gasteiger partial charge is 0.444 e. The van der Waals surface area contributed by atoms with Crippen LogP contribution < -0.4 is 10.6 Å². The predicted octanol–water partition coefficient (Wildman–Crippen LogP) is 4.17. The minimum absolute atomic E-state index is 0.0246. The van der Waals surface area contributed by atoms with Gasteiger partial charge in [0.05, 0.1) is 0 Å². The fourth-order valence-electron chi connectivity index (χ4n) is 2.25. The summed E-state index contributed by atoms with van der Waals surface area (Å²) in [4.78, 5) is 35.2. The molecule has 2 amide bonds. The van der Waals surface area contributed by atoms with Gasteiger partial charge in [0.2, 0.25) is 0 Å². The van der Waals surface area contributed by atoms with Crippen LogP contribution in [-0.4, -0.2) is 23.4 Å². The summed E-state index contributed by atoms with van der Waals surface area (Å²) in [5.41, 5.74) is 2.00. The van der Waals surface area contributed by atoms with Gasteiger partial charge in [0.25, 0.3) is 5.91 Å². The first kappa shape index (κ1) is 20.2. The van der Waals surface area contributed by atoms with E-state index in [1.807, 2.05) is 0 Å². The third kappa shape index (κ3) is 6.58. The molecule has 6 heteroatoms. The van der Waals surface area contributed by atoms with Gasteiger partial charge in [-0.1, -0.05) is 12.1 Å². The van der Waals surface area contributed by atoms with E-state index in [1.54, 1.807) is 69.3 Å². The minimum atomic E-state index is -0.547. The Morgan fingerprint density at radius 3 is 1.96 bits per heavy atom. The van der Waals surface area contributed by atoms with E-state index in [4.69, 9.17) is 4.74 Å². The van der Waals surface area contributed by atoms with Gasteiger partial charge < -0.3 is 15.4 Å². The van der Waals surface area contributed by atoms with Crippen molar-refractivity contribution in [1.82, 2.24) is 5.32 Å². The van der Waals surface area contributed by atoms with Crippen LogP contribution >= 0.6 is 0 Å². The van der Waals surface area contributed by atoms with Crippen molar-refractivity contribution in [3.63, 3.8) is 0 Å². The van der Waals surface area contributed by atoms with Gasteiger partial charge in [-0.15, -0.1) is 0 Å². The molecule has 0 fully saturated rings. The Balaban J connectivity index is 1.91. The predicted molar refractivity (Wildman–Crippen MR) is 104 cm³/mol. The van der Waals surface area contributed by atoms with E-state index in [0.29, 0.717) is 23.4 Å². The highest BCUT2D eigenvalue weighted by Crippen LogP contribution is 2.13. The van der Waals surface area contributed by atoms with Crippen LogP contribution in [0.5, 0.6) is 0 Å². The first-order valence-corrected chi connectivity index (χ1v) is 8.62. The quantitative estimate of drug-likeness (QED) is 0.776. The van der Waals surface area contributed by atoms with Crippen LogP contribution in [0, 0.1) is 0 Å². The highest BCUT2D eigenvalue weighted by molar-refractivity contribution is 6.04. The van der Waals surface area contributed by atoms with Gasteiger partial charge in [-0.05, 0) is 69.7 Å². The fraction of sp³-hybridized carbons (Fsp3) is 0.286. The lowest BCUT2D eigenvalue weighted by atomic mass is 10.1. The number of carbonyl (C=O) groups excluding carboxylic acids is 3. The number of carbonyl (C=O) groups is 3. The average Bonchev–Trinajstić information content (AvgIpc) is 2.59.